The second-order valence-corrected chi connectivity index (χ2v) is 4.87. The molecule has 98 valence electrons. The fourth-order valence-corrected chi connectivity index (χ4v) is 2.11. The summed E-state index contributed by atoms with van der Waals surface area (Å²) < 4.78 is 0. The molecule has 0 radical (unpaired) electrons. The minimum atomic E-state index is 0.0412. The topological polar surface area (TPSA) is 35.6 Å². The number of carbonyl (C=O) groups excluding carboxylic acids is 1. The Kier molecular flexibility index (Phi) is 4.20. The van der Waals surface area contributed by atoms with Crippen molar-refractivity contribution >= 4 is 6.03 Å². The van der Waals surface area contributed by atoms with Crippen LogP contribution >= 0.6 is 0 Å². The van der Waals surface area contributed by atoms with Crippen molar-refractivity contribution in [3.05, 3.63) is 35.9 Å². The van der Waals surface area contributed by atoms with Crippen LogP contribution in [0.25, 0.3) is 0 Å². The molecule has 2 rings (SSSR count). The third-order valence-electron chi connectivity index (χ3n) is 3.43. The summed E-state index contributed by atoms with van der Waals surface area (Å²) in [5.41, 5.74) is 1.14. The van der Waals surface area contributed by atoms with E-state index in [0.29, 0.717) is 0 Å². The summed E-state index contributed by atoms with van der Waals surface area (Å²) in [5.74, 6) is 0. The Morgan fingerprint density at radius 2 is 1.78 bits per heavy atom. The molecule has 1 heterocycles. The molecular weight excluding hydrogens is 226 g/mol. The predicted octanol–water partition coefficient (Wildman–Crippen LogP) is 1.70. The average Bonchev–Trinajstić information content (AvgIpc) is 2.40. The summed E-state index contributed by atoms with van der Waals surface area (Å²) in [6.07, 6.45) is 0. The van der Waals surface area contributed by atoms with Gasteiger partial charge in [0.05, 0.1) is 6.04 Å². The highest BCUT2D eigenvalue weighted by atomic mass is 16.2. The van der Waals surface area contributed by atoms with Gasteiger partial charge in [0.1, 0.15) is 0 Å². The molecule has 0 saturated carbocycles. The minimum Gasteiger partial charge on any atom is -0.331 e. The van der Waals surface area contributed by atoms with E-state index in [4.69, 9.17) is 0 Å². The second-order valence-electron chi connectivity index (χ2n) is 4.87. The molecule has 0 aliphatic carbocycles. The van der Waals surface area contributed by atoms with E-state index >= 15 is 0 Å². The molecule has 18 heavy (non-hydrogen) atoms. The maximum absolute atomic E-state index is 12.1. The van der Waals surface area contributed by atoms with Crippen LogP contribution in [0.2, 0.25) is 0 Å². The molecule has 1 atom stereocenters. The van der Waals surface area contributed by atoms with Crippen molar-refractivity contribution in [2.45, 2.75) is 13.0 Å². The van der Waals surface area contributed by atoms with Gasteiger partial charge in [0.2, 0.25) is 0 Å². The summed E-state index contributed by atoms with van der Waals surface area (Å²) in [5, 5.41) is 3.05. The molecule has 1 aromatic rings. The first-order valence-electron chi connectivity index (χ1n) is 6.46. The van der Waals surface area contributed by atoms with Crippen LogP contribution in [0.15, 0.2) is 30.3 Å². The maximum Gasteiger partial charge on any atom is 0.317 e. The number of carbonyl (C=O) groups is 1. The zero-order valence-corrected chi connectivity index (χ0v) is 11.1. The molecule has 1 fully saturated rings. The minimum absolute atomic E-state index is 0.0412. The first-order valence-corrected chi connectivity index (χ1v) is 6.46. The van der Waals surface area contributed by atoms with Crippen LogP contribution in [-0.2, 0) is 0 Å². The predicted molar refractivity (Wildman–Crippen MR) is 72.5 cm³/mol. The number of benzene rings is 1. The molecular formula is C14H21N3O. The van der Waals surface area contributed by atoms with Crippen LogP contribution in [0.5, 0.6) is 0 Å². The Morgan fingerprint density at radius 1 is 1.17 bits per heavy atom. The first-order chi connectivity index (χ1) is 8.66. The Morgan fingerprint density at radius 3 is 2.39 bits per heavy atom. The zero-order valence-electron chi connectivity index (χ0n) is 11.1. The highest BCUT2D eigenvalue weighted by molar-refractivity contribution is 5.74. The molecule has 1 saturated heterocycles. The van der Waals surface area contributed by atoms with E-state index in [9.17, 15) is 4.79 Å². The summed E-state index contributed by atoms with van der Waals surface area (Å²) in [4.78, 5) is 16.2. The lowest BCUT2D eigenvalue weighted by Gasteiger charge is -2.33. The molecule has 4 heteroatoms. The van der Waals surface area contributed by atoms with Crippen LogP contribution in [0, 0.1) is 0 Å². The van der Waals surface area contributed by atoms with Crippen LogP contribution in [0.3, 0.4) is 0 Å². The number of hydrogen-bond donors (Lipinski definition) is 1. The molecule has 2 amide bonds. The summed E-state index contributed by atoms with van der Waals surface area (Å²) in [7, 11) is 2.09. The van der Waals surface area contributed by atoms with E-state index in [-0.39, 0.29) is 12.1 Å². The highest BCUT2D eigenvalue weighted by Gasteiger charge is 2.20. The maximum atomic E-state index is 12.1. The van der Waals surface area contributed by atoms with E-state index in [0.717, 1.165) is 31.7 Å². The fraction of sp³-hybridized carbons (Fsp3) is 0.500. The Balaban J connectivity index is 1.87. The molecule has 1 N–H and O–H groups in total. The van der Waals surface area contributed by atoms with E-state index in [1.165, 1.54) is 0 Å². The summed E-state index contributed by atoms with van der Waals surface area (Å²) in [6.45, 7) is 5.54. The van der Waals surface area contributed by atoms with Gasteiger partial charge < -0.3 is 15.1 Å². The van der Waals surface area contributed by atoms with Gasteiger partial charge in [-0.3, -0.25) is 0 Å². The molecule has 1 aromatic carbocycles. The van der Waals surface area contributed by atoms with Crippen molar-refractivity contribution in [3.8, 4) is 0 Å². The van der Waals surface area contributed by atoms with Gasteiger partial charge in [0.15, 0.2) is 0 Å². The van der Waals surface area contributed by atoms with E-state index < -0.39 is 0 Å². The average molecular weight is 247 g/mol. The van der Waals surface area contributed by atoms with Crippen molar-refractivity contribution in [3.63, 3.8) is 0 Å². The number of likely N-dealkylation sites (N-methyl/N-ethyl adjacent to an activating group) is 1. The molecule has 0 aromatic heterocycles. The fourth-order valence-electron chi connectivity index (χ4n) is 2.11. The van der Waals surface area contributed by atoms with Crippen LogP contribution < -0.4 is 5.32 Å². The molecule has 0 spiro atoms. The van der Waals surface area contributed by atoms with Crippen LogP contribution in [-0.4, -0.2) is 49.1 Å². The third-order valence-corrected chi connectivity index (χ3v) is 3.43. The van der Waals surface area contributed by atoms with Gasteiger partial charge in [-0.15, -0.1) is 0 Å². The van der Waals surface area contributed by atoms with E-state index in [2.05, 4.69) is 17.3 Å². The number of hydrogen-bond acceptors (Lipinski definition) is 2. The molecule has 1 aliphatic heterocycles. The quantitative estimate of drug-likeness (QED) is 0.863. The number of piperazine rings is 1. The number of rotatable bonds is 2. The van der Waals surface area contributed by atoms with Crippen molar-refractivity contribution in [1.29, 1.82) is 0 Å². The molecule has 4 nitrogen and oxygen atoms in total. The Bertz CT molecular complexity index is 385. The lowest BCUT2D eigenvalue weighted by molar-refractivity contribution is 0.152. The van der Waals surface area contributed by atoms with E-state index in [1.54, 1.807) is 0 Å². The number of amides is 2. The van der Waals surface area contributed by atoms with Crippen molar-refractivity contribution in [2.24, 2.45) is 0 Å². The molecule has 0 unspecified atom stereocenters. The lowest BCUT2D eigenvalue weighted by Crippen LogP contribution is -2.51. The van der Waals surface area contributed by atoms with Gasteiger partial charge in [-0.2, -0.15) is 0 Å². The Hall–Kier alpha value is -1.55. The third kappa shape index (κ3) is 3.23. The summed E-state index contributed by atoms with van der Waals surface area (Å²) in [6, 6.07) is 10.1. The van der Waals surface area contributed by atoms with Gasteiger partial charge in [0, 0.05) is 26.2 Å². The highest BCUT2D eigenvalue weighted by Crippen LogP contribution is 2.12. The van der Waals surface area contributed by atoms with Gasteiger partial charge >= 0.3 is 6.03 Å². The van der Waals surface area contributed by atoms with Gasteiger partial charge in [-0.1, -0.05) is 30.3 Å². The lowest BCUT2D eigenvalue weighted by atomic mass is 10.1. The number of urea groups is 1. The van der Waals surface area contributed by atoms with Gasteiger partial charge in [-0.05, 0) is 19.5 Å². The largest absolute Gasteiger partial charge is 0.331 e. The zero-order chi connectivity index (χ0) is 13.0. The van der Waals surface area contributed by atoms with Crippen LogP contribution in [0.1, 0.15) is 18.5 Å². The van der Waals surface area contributed by atoms with Gasteiger partial charge in [0.25, 0.3) is 0 Å². The number of nitrogens with zero attached hydrogens (tertiary/aromatic N) is 2. The molecule has 0 bridgehead atoms. The number of nitrogens with one attached hydrogen (secondary N) is 1. The normalized spacial score (nSPS) is 18.4. The monoisotopic (exact) mass is 247 g/mol. The Labute approximate surface area is 109 Å². The van der Waals surface area contributed by atoms with Crippen molar-refractivity contribution < 1.29 is 4.79 Å². The molecule has 1 aliphatic rings. The second kappa shape index (κ2) is 5.87. The SMILES string of the molecule is C[C@H](NC(=O)N1CCN(C)CC1)c1ccccc1. The first kappa shape index (κ1) is 12.9. The van der Waals surface area contributed by atoms with Crippen molar-refractivity contribution in [2.75, 3.05) is 33.2 Å². The summed E-state index contributed by atoms with van der Waals surface area (Å²) >= 11 is 0. The van der Waals surface area contributed by atoms with Crippen molar-refractivity contribution in [1.82, 2.24) is 15.1 Å². The van der Waals surface area contributed by atoms with Gasteiger partial charge in [-0.25, -0.2) is 4.79 Å². The standard InChI is InChI=1S/C14H21N3O/c1-12(13-6-4-3-5-7-13)15-14(18)17-10-8-16(2)9-11-17/h3-7,12H,8-11H2,1-2H3,(H,15,18)/t12-/m0/s1. The smallest absolute Gasteiger partial charge is 0.317 e. The van der Waals surface area contributed by atoms with Crippen LogP contribution in [0.4, 0.5) is 4.79 Å². The van der Waals surface area contributed by atoms with E-state index in [1.807, 2.05) is 42.2 Å².